The van der Waals surface area contributed by atoms with E-state index in [0.29, 0.717) is 13.1 Å². The molecule has 0 bridgehead atoms. The summed E-state index contributed by atoms with van der Waals surface area (Å²) < 4.78 is 2.51. The molecule has 0 radical (unpaired) electrons. The fourth-order valence-corrected chi connectivity index (χ4v) is 2.49. The number of nitrogens with one attached hydrogen (secondary N) is 1. The number of carbonyl (C=O) groups excluding carboxylic acids is 1. The van der Waals surface area contributed by atoms with E-state index in [2.05, 4.69) is 31.6 Å². The highest BCUT2D eigenvalue weighted by molar-refractivity contribution is 9.10. The quantitative estimate of drug-likeness (QED) is 0.706. The minimum Gasteiger partial charge on any atom is -0.382 e. The zero-order chi connectivity index (χ0) is 16.9. The summed E-state index contributed by atoms with van der Waals surface area (Å²) in [6.45, 7) is 0.872. The second-order valence-electron chi connectivity index (χ2n) is 5.28. The van der Waals surface area contributed by atoms with Gasteiger partial charge in [0.1, 0.15) is 0 Å². The summed E-state index contributed by atoms with van der Waals surface area (Å²) in [7, 11) is 0. The van der Waals surface area contributed by atoms with Crippen molar-refractivity contribution >= 4 is 27.7 Å². The summed E-state index contributed by atoms with van der Waals surface area (Å²) in [5.74, 6) is -0.0816. The molecule has 24 heavy (non-hydrogen) atoms. The fraction of sp³-hybridized carbons (Fsp3) is 0.118. The molecule has 7 heteroatoms. The Labute approximate surface area is 147 Å². The van der Waals surface area contributed by atoms with Gasteiger partial charge in [-0.15, -0.1) is 5.10 Å². The maximum atomic E-state index is 12.2. The van der Waals surface area contributed by atoms with Crippen molar-refractivity contribution < 1.29 is 4.79 Å². The Kier molecular flexibility index (Phi) is 4.90. The highest BCUT2D eigenvalue weighted by Crippen LogP contribution is 2.14. The molecule has 0 aliphatic carbocycles. The third kappa shape index (κ3) is 3.80. The van der Waals surface area contributed by atoms with Gasteiger partial charge in [0.15, 0.2) is 11.5 Å². The van der Waals surface area contributed by atoms with Crippen LogP contribution in [0.25, 0.3) is 0 Å². The van der Waals surface area contributed by atoms with Crippen LogP contribution in [0.4, 0.5) is 5.82 Å². The lowest BCUT2D eigenvalue weighted by molar-refractivity contribution is 0.0946. The van der Waals surface area contributed by atoms with E-state index in [1.54, 1.807) is 0 Å². The van der Waals surface area contributed by atoms with Crippen molar-refractivity contribution in [2.75, 3.05) is 5.73 Å². The van der Waals surface area contributed by atoms with Gasteiger partial charge in [0, 0.05) is 11.0 Å². The molecule has 1 amide bonds. The molecule has 3 rings (SSSR count). The largest absolute Gasteiger partial charge is 0.382 e. The Bertz CT molecular complexity index is 830. The van der Waals surface area contributed by atoms with E-state index in [0.717, 1.165) is 15.6 Å². The van der Waals surface area contributed by atoms with Crippen molar-refractivity contribution in [1.29, 1.82) is 0 Å². The van der Waals surface area contributed by atoms with Crippen LogP contribution in [0, 0.1) is 0 Å². The van der Waals surface area contributed by atoms with Crippen LogP contribution in [0.1, 0.15) is 21.6 Å². The molecule has 0 aliphatic heterocycles. The average molecular weight is 386 g/mol. The summed E-state index contributed by atoms with van der Waals surface area (Å²) in [4.78, 5) is 12.2. The number of hydrogen-bond donors (Lipinski definition) is 2. The topological polar surface area (TPSA) is 85.8 Å². The number of anilines is 1. The Morgan fingerprint density at radius 2 is 1.79 bits per heavy atom. The summed E-state index contributed by atoms with van der Waals surface area (Å²) in [6, 6.07) is 17.4. The van der Waals surface area contributed by atoms with Crippen molar-refractivity contribution in [2.24, 2.45) is 0 Å². The maximum absolute atomic E-state index is 12.2. The molecule has 1 aromatic heterocycles. The number of halogens is 1. The van der Waals surface area contributed by atoms with Crippen LogP contribution in [-0.2, 0) is 13.1 Å². The molecule has 0 atom stereocenters. The second-order valence-corrected chi connectivity index (χ2v) is 6.19. The van der Waals surface area contributed by atoms with Crippen LogP contribution < -0.4 is 11.1 Å². The number of nitrogens with zero attached hydrogens (tertiary/aromatic N) is 3. The zero-order valence-electron chi connectivity index (χ0n) is 12.8. The Morgan fingerprint density at radius 3 is 2.50 bits per heavy atom. The third-order valence-corrected chi connectivity index (χ3v) is 4.06. The molecule has 0 fully saturated rings. The van der Waals surface area contributed by atoms with Crippen molar-refractivity contribution in [3.63, 3.8) is 0 Å². The van der Waals surface area contributed by atoms with Crippen molar-refractivity contribution in [3.05, 3.63) is 75.9 Å². The predicted octanol–water partition coefficient (Wildman–Crippen LogP) is 2.60. The summed E-state index contributed by atoms with van der Waals surface area (Å²) >= 11 is 3.39. The SMILES string of the molecule is Nc1c(C(=O)NCc2ccccc2)nnn1Cc1ccc(Br)cc1. The number of amides is 1. The molecule has 3 aromatic rings. The van der Waals surface area contributed by atoms with E-state index in [9.17, 15) is 4.79 Å². The lowest BCUT2D eigenvalue weighted by atomic mass is 10.2. The Balaban J connectivity index is 1.67. The summed E-state index contributed by atoms with van der Waals surface area (Å²) in [6.07, 6.45) is 0. The molecule has 3 N–H and O–H groups in total. The standard InChI is InChI=1S/C17H16BrN5O/c18-14-8-6-13(7-9-14)11-23-16(19)15(21-22-23)17(24)20-10-12-4-2-1-3-5-12/h1-9H,10-11,19H2,(H,20,24). The molecule has 122 valence electrons. The summed E-state index contributed by atoms with van der Waals surface area (Å²) in [5.41, 5.74) is 8.19. The van der Waals surface area contributed by atoms with E-state index in [1.165, 1.54) is 4.68 Å². The first-order valence-electron chi connectivity index (χ1n) is 7.39. The molecular weight excluding hydrogens is 370 g/mol. The van der Waals surface area contributed by atoms with Crippen LogP contribution in [0.5, 0.6) is 0 Å². The van der Waals surface area contributed by atoms with E-state index < -0.39 is 0 Å². The third-order valence-electron chi connectivity index (χ3n) is 3.53. The fourth-order valence-electron chi connectivity index (χ4n) is 2.22. The number of hydrogen-bond acceptors (Lipinski definition) is 4. The van der Waals surface area contributed by atoms with Crippen LogP contribution in [-0.4, -0.2) is 20.9 Å². The normalized spacial score (nSPS) is 10.5. The van der Waals surface area contributed by atoms with Gasteiger partial charge in [0.2, 0.25) is 0 Å². The molecule has 2 aromatic carbocycles. The van der Waals surface area contributed by atoms with Gasteiger partial charge in [-0.2, -0.15) is 0 Å². The van der Waals surface area contributed by atoms with Gasteiger partial charge in [-0.1, -0.05) is 63.6 Å². The molecule has 0 aliphatic rings. The van der Waals surface area contributed by atoms with Crippen molar-refractivity contribution in [2.45, 2.75) is 13.1 Å². The van der Waals surface area contributed by atoms with Crippen LogP contribution >= 0.6 is 15.9 Å². The minimum atomic E-state index is -0.335. The van der Waals surface area contributed by atoms with E-state index in [1.807, 2.05) is 54.6 Å². The maximum Gasteiger partial charge on any atom is 0.275 e. The van der Waals surface area contributed by atoms with Gasteiger partial charge in [0.25, 0.3) is 5.91 Å². The van der Waals surface area contributed by atoms with Gasteiger partial charge in [-0.3, -0.25) is 4.79 Å². The molecule has 1 heterocycles. The lowest BCUT2D eigenvalue weighted by Crippen LogP contribution is -2.24. The number of benzene rings is 2. The highest BCUT2D eigenvalue weighted by Gasteiger charge is 2.17. The zero-order valence-corrected chi connectivity index (χ0v) is 14.4. The summed E-state index contributed by atoms with van der Waals surface area (Å²) in [5, 5.41) is 10.7. The van der Waals surface area contributed by atoms with E-state index in [4.69, 9.17) is 5.73 Å². The monoisotopic (exact) mass is 385 g/mol. The molecule has 0 saturated carbocycles. The van der Waals surface area contributed by atoms with Gasteiger partial charge in [-0.25, -0.2) is 4.68 Å². The van der Waals surface area contributed by atoms with Crippen molar-refractivity contribution in [3.8, 4) is 0 Å². The first kappa shape index (κ1) is 16.2. The Hall–Kier alpha value is -2.67. The van der Waals surface area contributed by atoms with Gasteiger partial charge in [0.05, 0.1) is 6.54 Å². The smallest absolute Gasteiger partial charge is 0.275 e. The van der Waals surface area contributed by atoms with Gasteiger partial charge < -0.3 is 11.1 Å². The van der Waals surface area contributed by atoms with Gasteiger partial charge in [-0.05, 0) is 23.3 Å². The first-order chi connectivity index (χ1) is 11.6. The lowest BCUT2D eigenvalue weighted by Gasteiger charge is -2.05. The van der Waals surface area contributed by atoms with E-state index in [-0.39, 0.29) is 17.4 Å². The molecule has 0 spiro atoms. The van der Waals surface area contributed by atoms with Gasteiger partial charge >= 0.3 is 0 Å². The van der Waals surface area contributed by atoms with Crippen LogP contribution in [0.15, 0.2) is 59.1 Å². The second kappa shape index (κ2) is 7.27. The Morgan fingerprint density at radius 1 is 1.08 bits per heavy atom. The highest BCUT2D eigenvalue weighted by atomic mass is 79.9. The van der Waals surface area contributed by atoms with Crippen molar-refractivity contribution in [1.82, 2.24) is 20.3 Å². The average Bonchev–Trinajstić information content (AvgIpc) is 2.96. The number of carbonyl (C=O) groups is 1. The van der Waals surface area contributed by atoms with E-state index >= 15 is 0 Å². The molecule has 0 saturated heterocycles. The molecule has 0 unspecified atom stereocenters. The van der Waals surface area contributed by atoms with Crippen LogP contribution in [0.3, 0.4) is 0 Å². The minimum absolute atomic E-state index is 0.142. The number of rotatable bonds is 5. The first-order valence-corrected chi connectivity index (χ1v) is 8.18. The number of aromatic nitrogens is 3. The number of nitrogen functional groups attached to an aromatic ring is 1. The molecule has 6 nitrogen and oxygen atoms in total. The van der Waals surface area contributed by atoms with Crippen LogP contribution in [0.2, 0.25) is 0 Å². The molecular formula is C17H16BrN5O. The number of nitrogens with two attached hydrogens (primary N) is 1. The predicted molar refractivity (Wildman–Crippen MR) is 95.3 cm³/mol.